The molecule has 0 fully saturated rings. The van der Waals surface area contributed by atoms with Crippen LogP contribution in [0, 0.1) is 0 Å². The standard InChI is InChI=1S/C18H34O2.C8H8/c1-2-3-4-5-6-7-8-9-10-11-12-13-14-15-16-17-18(19)20;1-2-8-6-4-3-5-7-8/h9-10H,2-8,11-17H2,1H3,(H,19,20);2-7H,1H2. The van der Waals surface area contributed by atoms with Gasteiger partial charge in [0.25, 0.3) is 0 Å². The average Bonchev–Trinajstić information content (AvgIpc) is 2.72. The third kappa shape index (κ3) is 20.5. The number of allylic oxidation sites excluding steroid dienone is 2. The van der Waals surface area contributed by atoms with Gasteiger partial charge in [-0.25, -0.2) is 0 Å². The molecule has 158 valence electrons. The Morgan fingerprint density at radius 3 is 1.79 bits per heavy atom. The maximum atomic E-state index is 10.3. The Bertz CT molecular complexity index is 490. The van der Waals surface area contributed by atoms with E-state index in [4.69, 9.17) is 5.11 Å². The minimum atomic E-state index is -0.664. The van der Waals surface area contributed by atoms with Crippen LogP contribution in [-0.2, 0) is 4.79 Å². The summed E-state index contributed by atoms with van der Waals surface area (Å²) in [6, 6.07) is 10.0. The minimum absolute atomic E-state index is 0.332. The summed E-state index contributed by atoms with van der Waals surface area (Å²) in [5, 5.41) is 8.51. The zero-order valence-electron chi connectivity index (χ0n) is 18.1. The maximum Gasteiger partial charge on any atom is 0.303 e. The lowest BCUT2D eigenvalue weighted by Gasteiger charge is -1.99. The predicted octanol–water partition coefficient (Wildman–Crippen LogP) is 8.44. The van der Waals surface area contributed by atoms with Crippen molar-refractivity contribution in [1.82, 2.24) is 0 Å². The second-order valence-electron chi connectivity index (χ2n) is 7.34. The Labute approximate surface area is 173 Å². The third-order valence-electron chi connectivity index (χ3n) is 4.69. The SMILES string of the molecule is C=Cc1ccccc1.CCCCCCCCC=CCCCCCCCC(=O)O. The number of unbranched alkanes of at least 4 members (excludes halogenated alkanes) is 11. The van der Waals surface area contributed by atoms with Crippen LogP contribution in [0.2, 0.25) is 0 Å². The van der Waals surface area contributed by atoms with Gasteiger partial charge in [-0.15, -0.1) is 0 Å². The molecule has 0 saturated heterocycles. The van der Waals surface area contributed by atoms with E-state index in [1.54, 1.807) is 0 Å². The topological polar surface area (TPSA) is 37.3 Å². The van der Waals surface area contributed by atoms with Crippen LogP contribution in [0.5, 0.6) is 0 Å². The first kappa shape index (κ1) is 26.2. The van der Waals surface area contributed by atoms with Crippen LogP contribution in [0.1, 0.15) is 102 Å². The third-order valence-corrected chi connectivity index (χ3v) is 4.69. The van der Waals surface area contributed by atoms with Crippen LogP contribution < -0.4 is 0 Å². The van der Waals surface area contributed by atoms with Crippen molar-refractivity contribution in [2.24, 2.45) is 0 Å². The highest BCUT2D eigenvalue weighted by Crippen LogP contribution is 2.09. The van der Waals surface area contributed by atoms with E-state index in [9.17, 15) is 4.79 Å². The summed E-state index contributed by atoms with van der Waals surface area (Å²) in [5.74, 6) is -0.664. The Morgan fingerprint density at radius 2 is 1.32 bits per heavy atom. The Hall–Kier alpha value is -1.83. The first-order chi connectivity index (χ1) is 13.7. The second-order valence-corrected chi connectivity index (χ2v) is 7.34. The molecule has 28 heavy (non-hydrogen) atoms. The molecule has 0 aliphatic rings. The predicted molar refractivity (Wildman–Crippen MR) is 124 cm³/mol. The molecule has 0 aliphatic carbocycles. The van der Waals surface area contributed by atoms with E-state index >= 15 is 0 Å². The average molecular weight is 387 g/mol. The van der Waals surface area contributed by atoms with Gasteiger partial charge in [-0.2, -0.15) is 0 Å². The monoisotopic (exact) mass is 386 g/mol. The molecule has 0 saturated carbocycles. The van der Waals surface area contributed by atoms with E-state index in [0.717, 1.165) is 12.8 Å². The molecule has 0 heterocycles. The largest absolute Gasteiger partial charge is 0.481 e. The van der Waals surface area contributed by atoms with E-state index < -0.39 is 5.97 Å². The lowest BCUT2D eigenvalue weighted by atomic mass is 10.1. The van der Waals surface area contributed by atoms with Crippen LogP contribution in [-0.4, -0.2) is 11.1 Å². The zero-order chi connectivity index (χ0) is 20.7. The van der Waals surface area contributed by atoms with Gasteiger partial charge < -0.3 is 5.11 Å². The van der Waals surface area contributed by atoms with Crippen molar-refractivity contribution in [3.05, 3.63) is 54.6 Å². The quantitative estimate of drug-likeness (QED) is 0.228. The van der Waals surface area contributed by atoms with E-state index in [1.165, 1.54) is 76.2 Å². The van der Waals surface area contributed by atoms with Gasteiger partial charge in [0.15, 0.2) is 0 Å². The first-order valence-corrected chi connectivity index (χ1v) is 11.2. The van der Waals surface area contributed by atoms with Crippen LogP contribution >= 0.6 is 0 Å². The van der Waals surface area contributed by atoms with Crippen LogP contribution in [0.15, 0.2) is 49.1 Å². The summed E-state index contributed by atoms with van der Waals surface area (Å²) in [7, 11) is 0. The van der Waals surface area contributed by atoms with E-state index in [1.807, 2.05) is 36.4 Å². The van der Waals surface area contributed by atoms with Gasteiger partial charge >= 0.3 is 5.97 Å². The van der Waals surface area contributed by atoms with Crippen molar-refractivity contribution in [2.45, 2.75) is 96.8 Å². The first-order valence-electron chi connectivity index (χ1n) is 11.2. The Kier molecular flexibility index (Phi) is 20.1. The highest BCUT2D eigenvalue weighted by Gasteiger charge is 1.95. The smallest absolute Gasteiger partial charge is 0.303 e. The summed E-state index contributed by atoms with van der Waals surface area (Å²) >= 11 is 0. The minimum Gasteiger partial charge on any atom is -0.481 e. The van der Waals surface area contributed by atoms with Crippen LogP contribution in [0.25, 0.3) is 6.08 Å². The molecule has 0 spiro atoms. The summed E-state index contributed by atoms with van der Waals surface area (Å²) in [6.45, 7) is 5.89. The zero-order valence-corrected chi connectivity index (χ0v) is 18.1. The number of aliphatic carboxylic acids is 1. The second kappa shape index (κ2) is 21.5. The molecule has 2 nitrogen and oxygen atoms in total. The van der Waals surface area contributed by atoms with Gasteiger partial charge in [0.2, 0.25) is 0 Å². The fraction of sp³-hybridized carbons (Fsp3) is 0.577. The van der Waals surface area contributed by atoms with Gasteiger partial charge in [0, 0.05) is 6.42 Å². The molecular weight excluding hydrogens is 344 g/mol. The molecule has 0 aliphatic heterocycles. The molecule has 0 amide bonds. The van der Waals surface area contributed by atoms with Gasteiger partial charge in [0.1, 0.15) is 0 Å². The van der Waals surface area contributed by atoms with E-state index in [-0.39, 0.29) is 0 Å². The summed E-state index contributed by atoms with van der Waals surface area (Å²) in [4.78, 5) is 10.3. The highest BCUT2D eigenvalue weighted by atomic mass is 16.4. The fourth-order valence-electron chi connectivity index (χ4n) is 2.94. The maximum absolute atomic E-state index is 10.3. The van der Waals surface area contributed by atoms with Crippen molar-refractivity contribution >= 4 is 12.0 Å². The summed E-state index contributed by atoms with van der Waals surface area (Å²) in [5.41, 5.74) is 1.17. The summed E-state index contributed by atoms with van der Waals surface area (Å²) < 4.78 is 0. The van der Waals surface area contributed by atoms with Gasteiger partial charge in [-0.1, -0.05) is 113 Å². The van der Waals surface area contributed by atoms with Gasteiger partial charge in [0.05, 0.1) is 0 Å². The lowest BCUT2D eigenvalue weighted by molar-refractivity contribution is -0.137. The molecule has 0 aromatic heterocycles. The van der Waals surface area contributed by atoms with E-state index in [0.29, 0.717) is 6.42 Å². The molecule has 1 N–H and O–H groups in total. The van der Waals surface area contributed by atoms with Crippen LogP contribution in [0.4, 0.5) is 0 Å². The number of hydrogen-bond acceptors (Lipinski definition) is 1. The molecule has 1 aromatic rings. The number of hydrogen-bond donors (Lipinski definition) is 1. The van der Waals surface area contributed by atoms with Crippen molar-refractivity contribution in [3.8, 4) is 0 Å². The number of carboxylic acids is 1. The van der Waals surface area contributed by atoms with Gasteiger partial charge in [-0.05, 0) is 37.7 Å². The Balaban J connectivity index is 0.000000749. The number of carbonyl (C=O) groups is 1. The molecule has 2 heteroatoms. The number of rotatable bonds is 16. The Morgan fingerprint density at radius 1 is 0.821 bits per heavy atom. The molecule has 0 atom stereocenters. The molecule has 0 bridgehead atoms. The molecule has 1 rings (SSSR count). The highest BCUT2D eigenvalue weighted by molar-refractivity contribution is 5.66. The van der Waals surface area contributed by atoms with Crippen molar-refractivity contribution in [2.75, 3.05) is 0 Å². The van der Waals surface area contributed by atoms with Crippen molar-refractivity contribution in [1.29, 1.82) is 0 Å². The normalized spacial score (nSPS) is 10.5. The molecular formula is C26H42O2. The van der Waals surface area contributed by atoms with Gasteiger partial charge in [-0.3, -0.25) is 4.79 Å². The van der Waals surface area contributed by atoms with E-state index in [2.05, 4.69) is 25.7 Å². The molecule has 0 unspecified atom stereocenters. The van der Waals surface area contributed by atoms with Crippen LogP contribution in [0.3, 0.4) is 0 Å². The lowest BCUT2D eigenvalue weighted by Crippen LogP contribution is -1.93. The fourth-order valence-corrected chi connectivity index (χ4v) is 2.94. The summed E-state index contributed by atoms with van der Waals surface area (Å²) in [6.07, 6.45) is 23.1. The number of benzene rings is 1. The number of carboxylic acid groups (broad SMARTS) is 1. The van der Waals surface area contributed by atoms with Crippen molar-refractivity contribution in [3.63, 3.8) is 0 Å². The molecule has 0 radical (unpaired) electrons. The molecule has 1 aromatic carbocycles. The van der Waals surface area contributed by atoms with Crippen molar-refractivity contribution < 1.29 is 9.90 Å².